The van der Waals surface area contributed by atoms with Gasteiger partial charge in [-0.15, -0.1) is 0 Å². The van der Waals surface area contributed by atoms with E-state index in [1.807, 2.05) is 61.5 Å². The Kier molecular flexibility index (Phi) is 6.75. The monoisotopic (exact) mass is 393 g/mol. The average molecular weight is 393 g/mol. The van der Waals surface area contributed by atoms with E-state index < -0.39 is 12.1 Å². The summed E-state index contributed by atoms with van der Waals surface area (Å²) >= 11 is 0. The molecule has 0 radical (unpaired) electrons. The number of benzene rings is 3. The van der Waals surface area contributed by atoms with Crippen LogP contribution in [0, 0.1) is 5.41 Å². The molecule has 0 spiro atoms. The van der Waals surface area contributed by atoms with Crippen molar-refractivity contribution in [3.05, 3.63) is 71.8 Å². The van der Waals surface area contributed by atoms with Crippen molar-refractivity contribution in [2.45, 2.75) is 0 Å². The van der Waals surface area contributed by atoms with Crippen molar-refractivity contribution in [3.63, 3.8) is 0 Å². The second-order valence-electron chi connectivity index (χ2n) is 6.19. The number of nitrogens with zero attached hydrogens (tertiary/aromatic N) is 1. The van der Waals surface area contributed by atoms with Crippen LogP contribution in [0.3, 0.4) is 0 Å². The zero-order valence-electron chi connectivity index (χ0n) is 15.8. The average Bonchev–Trinajstić information content (AvgIpc) is 2.66. The highest BCUT2D eigenvalue weighted by molar-refractivity contribution is 6.07. The summed E-state index contributed by atoms with van der Waals surface area (Å²) in [6.07, 6.45) is -2.33. The minimum absolute atomic E-state index is 0.171. The van der Waals surface area contributed by atoms with Gasteiger partial charge in [-0.3, -0.25) is 5.41 Å². The first-order valence-electron chi connectivity index (χ1n) is 8.43. The molecule has 0 aromatic heterocycles. The topological polar surface area (TPSA) is 143 Å². The number of hydrogen-bond donors (Lipinski definition) is 2. The lowest BCUT2D eigenvalue weighted by atomic mass is 10.1. The fraction of sp³-hybridized carbons (Fsp3) is 0.0952. The van der Waals surface area contributed by atoms with E-state index >= 15 is 0 Å². The summed E-state index contributed by atoms with van der Waals surface area (Å²) in [7, 11) is 3.75. The van der Waals surface area contributed by atoms with Crippen molar-refractivity contribution in [1.82, 2.24) is 0 Å². The van der Waals surface area contributed by atoms with Crippen LogP contribution in [0.15, 0.2) is 60.7 Å². The lowest BCUT2D eigenvalue weighted by Gasteiger charge is -2.16. The Morgan fingerprint density at radius 3 is 2.14 bits per heavy atom. The second kappa shape index (κ2) is 9.23. The van der Waals surface area contributed by atoms with Gasteiger partial charge in [-0.25, -0.2) is 4.79 Å². The normalized spacial score (nSPS) is 9.86. The first-order valence-corrected chi connectivity index (χ1v) is 8.43. The zero-order chi connectivity index (χ0) is 21.6. The summed E-state index contributed by atoms with van der Waals surface area (Å²) in [4.78, 5) is 22.9. The van der Waals surface area contributed by atoms with Crippen LogP contribution >= 0.6 is 0 Å². The predicted octanol–water partition coefficient (Wildman–Crippen LogP) is 0.962. The fourth-order valence-electron chi connectivity index (χ4n) is 2.61. The largest absolute Gasteiger partial charge is 0.652 e. The minimum Gasteiger partial charge on any atom is -0.652 e. The third kappa shape index (κ3) is 5.70. The van der Waals surface area contributed by atoms with E-state index in [0.29, 0.717) is 11.3 Å². The molecule has 8 nitrogen and oxygen atoms in total. The molecule has 3 rings (SSSR count). The van der Waals surface area contributed by atoms with Gasteiger partial charge in [-0.1, -0.05) is 30.3 Å². The van der Waals surface area contributed by atoms with Crippen molar-refractivity contribution < 1.29 is 24.5 Å². The van der Waals surface area contributed by atoms with Gasteiger partial charge in [0.25, 0.3) is 0 Å². The standard InChI is InChI=1S/C20H19N3O2.CH2O3/c1-23(2)15-8-10-17(19(21)22)18(12-15)20(24)25-16-9-7-13-5-3-4-6-14(13)11-16;2-1(3)4/h3-12H,1-2H3,(H3,21,22);(H2,2,3,4)/p-2. The summed E-state index contributed by atoms with van der Waals surface area (Å²) in [5.41, 5.74) is 7.07. The Hall–Kier alpha value is -4.07. The van der Waals surface area contributed by atoms with Crippen LogP contribution < -0.4 is 25.6 Å². The smallest absolute Gasteiger partial charge is 0.344 e. The van der Waals surface area contributed by atoms with Crippen LogP contribution in [0.25, 0.3) is 10.8 Å². The number of nitrogen functional groups attached to an aromatic ring is 1. The Balaban J connectivity index is 0.000000687. The Morgan fingerprint density at radius 1 is 0.931 bits per heavy atom. The summed E-state index contributed by atoms with van der Waals surface area (Å²) < 4.78 is 5.52. The Morgan fingerprint density at radius 2 is 1.55 bits per heavy atom. The van der Waals surface area contributed by atoms with E-state index in [1.165, 1.54) is 0 Å². The van der Waals surface area contributed by atoms with E-state index in [0.717, 1.165) is 16.5 Å². The maximum Gasteiger partial charge on any atom is 0.344 e. The molecular formula is C21H19N3O5-2. The number of carbonyl (C=O) groups excluding carboxylic acids is 2. The molecule has 3 aromatic rings. The van der Waals surface area contributed by atoms with Gasteiger partial charge in [-0.05, 0) is 47.3 Å². The molecule has 3 N–H and O–H groups in total. The molecule has 0 saturated carbocycles. The lowest BCUT2D eigenvalue weighted by molar-refractivity contribution is -0.415. The van der Waals surface area contributed by atoms with E-state index in [-0.39, 0.29) is 11.4 Å². The molecule has 0 aliphatic carbocycles. The van der Waals surface area contributed by atoms with Crippen LogP contribution in [-0.4, -0.2) is 32.1 Å². The first-order chi connectivity index (χ1) is 13.7. The number of ether oxygens (including phenoxy) is 1. The van der Waals surface area contributed by atoms with Gasteiger partial charge in [0, 0.05) is 25.3 Å². The molecule has 0 unspecified atom stereocenters. The molecule has 0 heterocycles. The minimum atomic E-state index is -2.33. The molecular weight excluding hydrogens is 374 g/mol. The maximum atomic E-state index is 12.7. The number of hydrogen-bond acceptors (Lipinski definition) is 7. The molecule has 0 fully saturated rings. The van der Waals surface area contributed by atoms with Crippen molar-refractivity contribution in [1.29, 1.82) is 5.41 Å². The number of nitrogens with one attached hydrogen (secondary N) is 1. The van der Waals surface area contributed by atoms with Gasteiger partial charge in [0.15, 0.2) is 0 Å². The number of nitrogens with two attached hydrogens (primary N) is 1. The molecule has 29 heavy (non-hydrogen) atoms. The van der Waals surface area contributed by atoms with Gasteiger partial charge < -0.3 is 30.4 Å². The highest BCUT2D eigenvalue weighted by atomic mass is 16.6. The molecule has 0 saturated heterocycles. The quantitative estimate of drug-likeness (QED) is 0.291. The molecule has 150 valence electrons. The molecule has 8 heteroatoms. The number of anilines is 1. The molecule has 0 aliphatic rings. The van der Waals surface area contributed by atoms with Gasteiger partial charge in [0.1, 0.15) is 11.6 Å². The van der Waals surface area contributed by atoms with Crippen LogP contribution in [0.4, 0.5) is 10.5 Å². The highest BCUT2D eigenvalue weighted by Gasteiger charge is 2.17. The van der Waals surface area contributed by atoms with Crippen LogP contribution in [0.1, 0.15) is 15.9 Å². The summed E-state index contributed by atoms with van der Waals surface area (Å²) in [5.74, 6) is -0.256. The Bertz CT molecular complexity index is 1060. The summed E-state index contributed by atoms with van der Waals surface area (Å²) in [6, 6.07) is 18.5. The molecule has 0 bridgehead atoms. The third-order valence-electron chi connectivity index (χ3n) is 3.96. The van der Waals surface area contributed by atoms with Gasteiger partial charge >= 0.3 is 5.97 Å². The number of rotatable bonds is 4. The zero-order valence-corrected chi connectivity index (χ0v) is 15.8. The van der Waals surface area contributed by atoms with E-state index in [1.54, 1.807) is 18.2 Å². The molecule has 3 aromatic carbocycles. The van der Waals surface area contributed by atoms with Crippen LogP contribution in [-0.2, 0) is 0 Å². The molecule has 0 aliphatic heterocycles. The number of carbonyl (C=O) groups is 2. The fourth-order valence-corrected chi connectivity index (χ4v) is 2.61. The highest BCUT2D eigenvalue weighted by Crippen LogP contribution is 2.23. The number of carboxylic acid groups (broad SMARTS) is 2. The van der Waals surface area contributed by atoms with Crippen molar-refractivity contribution >= 4 is 34.4 Å². The second-order valence-corrected chi connectivity index (χ2v) is 6.19. The van der Waals surface area contributed by atoms with E-state index in [9.17, 15) is 4.79 Å². The van der Waals surface area contributed by atoms with Gasteiger partial charge in [0.2, 0.25) is 0 Å². The number of esters is 1. The van der Waals surface area contributed by atoms with Crippen LogP contribution in [0.2, 0.25) is 0 Å². The molecule has 0 amide bonds. The molecule has 0 atom stereocenters. The van der Waals surface area contributed by atoms with E-state index in [4.69, 9.17) is 30.9 Å². The number of amidine groups is 1. The van der Waals surface area contributed by atoms with Crippen molar-refractivity contribution in [2.75, 3.05) is 19.0 Å². The van der Waals surface area contributed by atoms with E-state index in [2.05, 4.69) is 0 Å². The Labute approximate surface area is 167 Å². The van der Waals surface area contributed by atoms with Crippen LogP contribution in [0.5, 0.6) is 5.75 Å². The summed E-state index contributed by atoms with van der Waals surface area (Å²) in [5, 5.41) is 26.4. The van der Waals surface area contributed by atoms with Crippen molar-refractivity contribution in [3.8, 4) is 5.75 Å². The van der Waals surface area contributed by atoms with Gasteiger partial charge in [-0.2, -0.15) is 0 Å². The lowest BCUT2D eigenvalue weighted by Crippen LogP contribution is -2.37. The first kappa shape index (κ1) is 21.2. The van der Waals surface area contributed by atoms with Crippen molar-refractivity contribution in [2.24, 2.45) is 5.73 Å². The predicted molar refractivity (Wildman–Crippen MR) is 106 cm³/mol. The number of fused-ring (bicyclic) bond motifs is 1. The maximum absolute atomic E-state index is 12.7. The third-order valence-corrected chi connectivity index (χ3v) is 3.96. The SMILES string of the molecule is CN(C)c1ccc(C(=N)N)c(C(=O)Oc2ccc3ccccc3c2)c1.O=C([O-])[O-]. The van der Waals surface area contributed by atoms with Gasteiger partial charge in [0.05, 0.1) is 5.56 Å². The summed E-state index contributed by atoms with van der Waals surface area (Å²) in [6.45, 7) is 0.